The first-order valence-electron chi connectivity index (χ1n) is 7.05. The van der Waals surface area contributed by atoms with Crippen LogP contribution in [0, 0.1) is 6.92 Å². The molecule has 0 spiro atoms. The fourth-order valence-corrected chi connectivity index (χ4v) is 4.07. The van der Waals surface area contributed by atoms with E-state index in [0.717, 1.165) is 27.0 Å². The van der Waals surface area contributed by atoms with Crippen LogP contribution in [0.5, 0.6) is 0 Å². The first-order valence-corrected chi connectivity index (χ1v) is 7.87. The molecule has 1 aromatic heterocycles. The molecule has 0 amide bonds. The van der Waals surface area contributed by atoms with Gasteiger partial charge in [0.15, 0.2) is 0 Å². The van der Waals surface area contributed by atoms with Gasteiger partial charge in [0.25, 0.3) is 0 Å². The number of carbonyl (C=O) groups is 2. The van der Waals surface area contributed by atoms with Crippen molar-refractivity contribution in [3.8, 4) is 0 Å². The predicted molar refractivity (Wildman–Crippen MR) is 88.6 cm³/mol. The number of esters is 2. The number of carbonyl (C=O) groups excluding carboxylic acids is 2. The molecular weight excluding hydrogens is 296 g/mol. The van der Waals surface area contributed by atoms with Gasteiger partial charge in [-0.25, -0.2) is 9.59 Å². The summed E-state index contributed by atoms with van der Waals surface area (Å²) in [4.78, 5) is 25.2. The Bertz CT molecular complexity index is 877. The number of hydrogen-bond acceptors (Lipinski definition) is 4. The third-order valence-electron chi connectivity index (χ3n) is 3.87. The molecule has 0 aliphatic carbocycles. The average Bonchev–Trinajstić information content (AvgIpc) is 2.93. The normalized spacial score (nSPS) is 17.2. The highest BCUT2D eigenvalue weighted by Crippen LogP contribution is 2.39. The molecule has 0 atom stereocenters. The molecule has 3 rings (SSSR count). The Kier molecular flexibility index (Phi) is 3.49. The number of rotatable bonds is 1. The minimum atomic E-state index is -0.548. The fourth-order valence-electron chi connectivity index (χ4n) is 2.94. The van der Waals surface area contributed by atoms with Crippen LogP contribution in [-0.4, -0.2) is 11.9 Å². The van der Waals surface area contributed by atoms with Crippen molar-refractivity contribution in [3.05, 3.63) is 51.4 Å². The van der Waals surface area contributed by atoms with Gasteiger partial charge < -0.3 is 4.74 Å². The lowest BCUT2D eigenvalue weighted by molar-refractivity contribution is -0.149. The Morgan fingerprint density at radius 1 is 1.00 bits per heavy atom. The minimum absolute atomic E-state index is 0.400. The van der Waals surface area contributed by atoms with Gasteiger partial charge in [0.2, 0.25) is 0 Å². The fraction of sp³-hybridized carbons (Fsp3) is 0.222. The van der Waals surface area contributed by atoms with E-state index in [4.69, 9.17) is 4.74 Å². The zero-order chi connectivity index (χ0) is 16.0. The summed E-state index contributed by atoms with van der Waals surface area (Å²) < 4.78 is 6.00. The third-order valence-corrected chi connectivity index (χ3v) is 4.95. The number of thiophene rings is 1. The van der Waals surface area contributed by atoms with Crippen LogP contribution in [0.25, 0.3) is 15.7 Å². The summed E-state index contributed by atoms with van der Waals surface area (Å²) in [6, 6.07) is 8.09. The average molecular weight is 312 g/mol. The van der Waals surface area contributed by atoms with Gasteiger partial charge in [0, 0.05) is 15.0 Å². The molecule has 1 fully saturated rings. The van der Waals surface area contributed by atoms with Gasteiger partial charge in [-0.1, -0.05) is 23.8 Å². The van der Waals surface area contributed by atoms with Crippen molar-refractivity contribution in [2.75, 3.05) is 0 Å². The minimum Gasteiger partial charge on any atom is -0.386 e. The van der Waals surface area contributed by atoms with Crippen LogP contribution in [0.3, 0.4) is 0 Å². The van der Waals surface area contributed by atoms with Crippen LogP contribution in [0.2, 0.25) is 0 Å². The number of aryl methyl sites for hydroxylation is 1. The first kappa shape index (κ1) is 14.7. The molecule has 0 N–H and O–H groups in total. The molecule has 0 unspecified atom stereocenters. The molecule has 112 valence electrons. The van der Waals surface area contributed by atoms with Crippen LogP contribution in [0.15, 0.2) is 41.0 Å². The van der Waals surface area contributed by atoms with Crippen molar-refractivity contribution in [1.82, 2.24) is 0 Å². The van der Waals surface area contributed by atoms with Gasteiger partial charge in [-0.3, -0.25) is 0 Å². The van der Waals surface area contributed by atoms with Gasteiger partial charge in [0.05, 0.1) is 11.1 Å². The number of hydrogen-bond donors (Lipinski definition) is 0. The van der Waals surface area contributed by atoms with Crippen molar-refractivity contribution >= 4 is 38.9 Å². The third kappa shape index (κ3) is 2.11. The van der Waals surface area contributed by atoms with E-state index >= 15 is 0 Å². The van der Waals surface area contributed by atoms with E-state index in [-0.39, 0.29) is 0 Å². The molecule has 0 radical (unpaired) electrons. The highest BCUT2D eigenvalue weighted by molar-refractivity contribution is 7.19. The van der Waals surface area contributed by atoms with E-state index in [9.17, 15) is 9.59 Å². The first-order chi connectivity index (χ1) is 10.4. The monoisotopic (exact) mass is 312 g/mol. The Balaban J connectivity index is 2.35. The van der Waals surface area contributed by atoms with Crippen molar-refractivity contribution in [2.24, 2.45) is 0 Å². The van der Waals surface area contributed by atoms with E-state index in [1.54, 1.807) is 11.3 Å². The lowest BCUT2D eigenvalue weighted by Crippen LogP contribution is -2.00. The summed E-state index contributed by atoms with van der Waals surface area (Å²) in [6.07, 6.45) is 0. The van der Waals surface area contributed by atoms with Crippen LogP contribution >= 0.6 is 11.3 Å². The van der Waals surface area contributed by atoms with Gasteiger partial charge in [-0.2, -0.15) is 0 Å². The molecule has 1 aliphatic heterocycles. The second-order valence-electron chi connectivity index (χ2n) is 5.58. The Labute approximate surface area is 132 Å². The second kappa shape index (κ2) is 5.21. The van der Waals surface area contributed by atoms with E-state index in [1.807, 2.05) is 45.9 Å². The lowest BCUT2D eigenvalue weighted by Gasteiger charge is -2.06. The number of allylic oxidation sites excluding steroid dienone is 2. The summed E-state index contributed by atoms with van der Waals surface area (Å²) in [7, 11) is 0. The standard InChI is InChI=1S/C18H16O3S/c1-9(2)14-16(18(20)21-17(14)19)10(3)15-11(4)22-13-8-6-5-7-12(13)15/h5-8H,1-4H3/b16-10-. The van der Waals surface area contributed by atoms with Gasteiger partial charge >= 0.3 is 11.9 Å². The highest BCUT2D eigenvalue weighted by Gasteiger charge is 2.36. The molecule has 2 heterocycles. The summed E-state index contributed by atoms with van der Waals surface area (Å²) in [5.41, 5.74) is 3.43. The van der Waals surface area contributed by atoms with Crippen molar-refractivity contribution < 1.29 is 14.3 Å². The van der Waals surface area contributed by atoms with Crippen LogP contribution in [0.1, 0.15) is 31.2 Å². The maximum atomic E-state index is 12.2. The lowest BCUT2D eigenvalue weighted by atomic mass is 9.93. The maximum Gasteiger partial charge on any atom is 0.347 e. The Hall–Kier alpha value is -2.20. The Morgan fingerprint density at radius 2 is 1.64 bits per heavy atom. The van der Waals surface area contributed by atoms with Gasteiger partial charge in [-0.05, 0) is 44.9 Å². The van der Waals surface area contributed by atoms with Crippen molar-refractivity contribution in [2.45, 2.75) is 27.7 Å². The summed E-state index contributed by atoms with van der Waals surface area (Å²) in [6.45, 7) is 7.57. The molecule has 0 saturated carbocycles. The molecular formula is C18H16O3S. The van der Waals surface area contributed by atoms with Crippen molar-refractivity contribution in [3.63, 3.8) is 0 Å². The number of fused-ring (bicyclic) bond motifs is 1. The summed E-state index contributed by atoms with van der Waals surface area (Å²) in [5, 5.41) is 1.11. The molecule has 4 heteroatoms. The second-order valence-corrected chi connectivity index (χ2v) is 6.84. The maximum absolute atomic E-state index is 12.2. The van der Waals surface area contributed by atoms with Crippen LogP contribution < -0.4 is 0 Å². The summed E-state index contributed by atoms with van der Waals surface area (Å²) in [5.74, 6) is -1.09. The smallest absolute Gasteiger partial charge is 0.347 e. The molecule has 22 heavy (non-hydrogen) atoms. The number of cyclic esters (lactones) is 2. The van der Waals surface area contributed by atoms with Crippen LogP contribution in [0.4, 0.5) is 0 Å². The SMILES string of the molecule is CC(C)=C1C(=O)OC(=O)/C1=C(/C)c1c(C)sc2ccccc12. The predicted octanol–water partition coefficient (Wildman–Crippen LogP) is 4.40. The number of ether oxygens (including phenoxy) is 1. The van der Waals surface area contributed by atoms with Crippen molar-refractivity contribution in [1.29, 1.82) is 0 Å². The quantitative estimate of drug-likeness (QED) is 0.445. The van der Waals surface area contributed by atoms with E-state index in [2.05, 4.69) is 6.07 Å². The van der Waals surface area contributed by atoms with Gasteiger partial charge in [-0.15, -0.1) is 11.3 Å². The molecule has 2 aromatic rings. The molecule has 0 bridgehead atoms. The largest absolute Gasteiger partial charge is 0.386 e. The van der Waals surface area contributed by atoms with Crippen LogP contribution in [-0.2, 0) is 14.3 Å². The molecule has 1 saturated heterocycles. The van der Waals surface area contributed by atoms with Gasteiger partial charge in [0.1, 0.15) is 0 Å². The zero-order valence-corrected chi connectivity index (χ0v) is 13.8. The van der Waals surface area contributed by atoms with E-state index in [0.29, 0.717) is 11.1 Å². The summed E-state index contributed by atoms with van der Waals surface area (Å²) >= 11 is 1.69. The topological polar surface area (TPSA) is 43.4 Å². The van der Waals surface area contributed by atoms with E-state index in [1.165, 1.54) is 4.70 Å². The van der Waals surface area contributed by atoms with E-state index < -0.39 is 11.9 Å². The number of benzene rings is 1. The highest BCUT2D eigenvalue weighted by atomic mass is 32.1. The molecule has 1 aromatic carbocycles. The molecule has 1 aliphatic rings. The Morgan fingerprint density at radius 3 is 2.32 bits per heavy atom. The molecule has 3 nitrogen and oxygen atoms in total. The zero-order valence-electron chi connectivity index (χ0n) is 12.9.